The standard InChI is InChI=1S/C19H16BrN3O/c1-13-2-6-15(7-3-13)22-17-10-11-18(21-12-17)19(24)23-16-8-4-14(20)5-9-16/h2-12,22H,1H3,(H,23,24). The summed E-state index contributed by atoms with van der Waals surface area (Å²) in [6.07, 6.45) is 1.65. The molecular weight excluding hydrogens is 366 g/mol. The van der Waals surface area contributed by atoms with Gasteiger partial charge in [-0.25, -0.2) is 4.98 Å². The number of halogens is 1. The van der Waals surface area contributed by atoms with Crippen LogP contribution in [0.5, 0.6) is 0 Å². The van der Waals surface area contributed by atoms with Crippen molar-refractivity contribution >= 4 is 38.9 Å². The Kier molecular flexibility index (Phi) is 4.91. The van der Waals surface area contributed by atoms with Gasteiger partial charge in [-0.3, -0.25) is 4.79 Å². The van der Waals surface area contributed by atoms with E-state index >= 15 is 0 Å². The lowest BCUT2D eigenvalue weighted by molar-refractivity contribution is 0.102. The van der Waals surface area contributed by atoms with Gasteiger partial charge in [0.1, 0.15) is 5.69 Å². The number of hydrogen-bond donors (Lipinski definition) is 2. The average molecular weight is 382 g/mol. The van der Waals surface area contributed by atoms with Gasteiger partial charge in [0.25, 0.3) is 5.91 Å². The van der Waals surface area contributed by atoms with Gasteiger partial charge in [0.2, 0.25) is 0 Å². The number of carbonyl (C=O) groups excluding carboxylic acids is 1. The first-order valence-corrected chi connectivity index (χ1v) is 8.26. The van der Waals surface area contributed by atoms with E-state index in [2.05, 4.69) is 31.5 Å². The van der Waals surface area contributed by atoms with E-state index in [1.54, 1.807) is 12.3 Å². The highest BCUT2D eigenvalue weighted by molar-refractivity contribution is 9.10. The van der Waals surface area contributed by atoms with Gasteiger partial charge < -0.3 is 10.6 Å². The Hall–Kier alpha value is -2.66. The first-order chi connectivity index (χ1) is 11.6. The van der Waals surface area contributed by atoms with E-state index in [0.29, 0.717) is 5.69 Å². The molecule has 0 saturated heterocycles. The van der Waals surface area contributed by atoms with Gasteiger partial charge in [0.05, 0.1) is 11.9 Å². The van der Waals surface area contributed by atoms with Crippen LogP contribution in [0.2, 0.25) is 0 Å². The summed E-state index contributed by atoms with van der Waals surface area (Å²) in [6.45, 7) is 2.05. The highest BCUT2D eigenvalue weighted by Gasteiger charge is 2.07. The number of nitrogens with zero attached hydrogens (tertiary/aromatic N) is 1. The Morgan fingerprint density at radius 1 is 0.875 bits per heavy atom. The Morgan fingerprint density at radius 2 is 1.50 bits per heavy atom. The van der Waals surface area contributed by atoms with Crippen LogP contribution < -0.4 is 10.6 Å². The van der Waals surface area contributed by atoms with Gasteiger partial charge in [-0.2, -0.15) is 0 Å². The number of pyridine rings is 1. The van der Waals surface area contributed by atoms with Crippen molar-refractivity contribution in [1.82, 2.24) is 4.98 Å². The molecule has 0 bridgehead atoms. The summed E-state index contributed by atoms with van der Waals surface area (Å²) < 4.78 is 0.963. The lowest BCUT2D eigenvalue weighted by Gasteiger charge is -2.08. The normalized spacial score (nSPS) is 10.2. The predicted molar refractivity (Wildman–Crippen MR) is 101 cm³/mol. The number of anilines is 3. The van der Waals surface area contributed by atoms with Crippen molar-refractivity contribution in [2.45, 2.75) is 6.92 Å². The molecule has 0 aliphatic heterocycles. The second-order valence-electron chi connectivity index (χ2n) is 5.38. The van der Waals surface area contributed by atoms with E-state index in [1.807, 2.05) is 61.5 Å². The molecule has 3 aromatic rings. The van der Waals surface area contributed by atoms with Gasteiger partial charge in [0.15, 0.2) is 0 Å². The Labute approximate surface area is 149 Å². The minimum atomic E-state index is -0.237. The molecule has 1 heterocycles. The Morgan fingerprint density at radius 3 is 2.12 bits per heavy atom. The minimum Gasteiger partial charge on any atom is -0.354 e. The Balaban J connectivity index is 1.66. The zero-order chi connectivity index (χ0) is 16.9. The van der Waals surface area contributed by atoms with Crippen LogP contribution in [0.15, 0.2) is 71.3 Å². The largest absolute Gasteiger partial charge is 0.354 e. The van der Waals surface area contributed by atoms with E-state index in [-0.39, 0.29) is 5.91 Å². The summed E-state index contributed by atoms with van der Waals surface area (Å²) in [5.74, 6) is -0.237. The van der Waals surface area contributed by atoms with Crippen molar-refractivity contribution in [3.63, 3.8) is 0 Å². The van der Waals surface area contributed by atoms with E-state index in [4.69, 9.17) is 0 Å². The number of benzene rings is 2. The fourth-order valence-corrected chi connectivity index (χ4v) is 2.40. The maximum atomic E-state index is 12.2. The highest BCUT2D eigenvalue weighted by atomic mass is 79.9. The molecule has 0 aliphatic carbocycles. The fourth-order valence-electron chi connectivity index (χ4n) is 2.13. The zero-order valence-electron chi connectivity index (χ0n) is 13.1. The summed E-state index contributed by atoms with van der Waals surface area (Å²) in [5, 5.41) is 6.07. The highest BCUT2D eigenvalue weighted by Crippen LogP contribution is 2.17. The number of aromatic nitrogens is 1. The second kappa shape index (κ2) is 7.27. The molecule has 0 atom stereocenters. The van der Waals surface area contributed by atoms with E-state index in [0.717, 1.165) is 21.5 Å². The first-order valence-electron chi connectivity index (χ1n) is 7.47. The van der Waals surface area contributed by atoms with Gasteiger partial charge in [-0.1, -0.05) is 33.6 Å². The molecule has 0 radical (unpaired) electrons. The quantitative estimate of drug-likeness (QED) is 0.656. The molecule has 3 rings (SSSR count). The lowest BCUT2D eigenvalue weighted by Crippen LogP contribution is -2.13. The molecule has 4 nitrogen and oxygen atoms in total. The van der Waals surface area contributed by atoms with Crippen molar-refractivity contribution in [1.29, 1.82) is 0 Å². The van der Waals surface area contributed by atoms with E-state index in [1.165, 1.54) is 5.56 Å². The third-order valence-electron chi connectivity index (χ3n) is 3.44. The predicted octanol–water partition coefficient (Wildman–Crippen LogP) is 5.15. The average Bonchev–Trinajstić information content (AvgIpc) is 2.59. The zero-order valence-corrected chi connectivity index (χ0v) is 14.7. The van der Waals surface area contributed by atoms with Crippen LogP contribution in [0.1, 0.15) is 16.1 Å². The van der Waals surface area contributed by atoms with Crippen molar-refractivity contribution in [2.75, 3.05) is 10.6 Å². The second-order valence-corrected chi connectivity index (χ2v) is 6.30. The maximum Gasteiger partial charge on any atom is 0.274 e. The lowest BCUT2D eigenvalue weighted by atomic mass is 10.2. The molecule has 120 valence electrons. The molecule has 2 aromatic carbocycles. The molecule has 1 aromatic heterocycles. The van der Waals surface area contributed by atoms with Crippen molar-refractivity contribution in [3.8, 4) is 0 Å². The fraction of sp³-hybridized carbons (Fsp3) is 0.0526. The van der Waals surface area contributed by atoms with Crippen molar-refractivity contribution < 1.29 is 4.79 Å². The number of hydrogen-bond acceptors (Lipinski definition) is 3. The number of aryl methyl sites for hydroxylation is 1. The van der Waals surface area contributed by atoms with Crippen molar-refractivity contribution in [2.24, 2.45) is 0 Å². The van der Waals surface area contributed by atoms with E-state index < -0.39 is 0 Å². The van der Waals surface area contributed by atoms with E-state index in [9.17, 15) is 4.79 Å². The molecule has 24 heavy (non-hydrogen) atoms. The number of nitrogens with one attached hydrogen (secondary N) is 2. The summed E-state index contributed by atoms with van der Waals surface area (Å²) >= 11 is 3.36. The number of amides is 1. The number of carbonyl (C=O) groups is 1. The molecule has 5 heteroatoms. The summed E-state index contributed by atoms with van der Waals surface area (Å²) in [4.78, 5) is 16.4. The van der Waals surface area contributed by atoms with Gasteiger partial charge in [0, 0.05) is 15.8 Å². The number of rotatable bonds is 4. The molecule has 0 spiro atoms. The van der Waals surface area contributed by atoms with Crippen LogP contribution >= 0.6 is 15.9 Å². The molecule has 0 saturated carbocycles. The molecule has 0 unspecified atom stereocenters. The molecule has 0 aliphatic rings. The van der Waals surface area contributed by atoms with Gasteiger partial charge in [-0.15, -0.1) is 0 Å². The maximum absolute atomic E-state index is 12.2. The Bertz CT molecular complexity index is 828. The van der Waals surface area contributed by atoms with Crippen LogP contribution in [0.25, 0.3) is 0 Å². The van der Waals surface area contributed by atoms with Crippen molar-refractivity contribution in [3.05, 3.63) is 82.6 Å². The monoisotopic (exact) mass is 381 g/mol. The summed E-state index contributed by atoms with van der Waals surface area (Å²) in [7, 11) is 0. The minimum absolute atomic E-state index is 0.237. The SMILES string of the molecule is Cc1ccc(Nc2ccc(C(=O)Nc3ccc(Br)cc3)nc2)cc1. The molecule has 1 amide bonds. The van der Waals surface area contributed by atoms with Crippen LogP contribution in [-0.4, -0.2) is 10.9 Å². The molecule has 0 fully saturated rings. The topological polar surface area (TPSA) is 54.0 Å². The van der Waals surface area contributed by atoms with Gasteiger partial charge in [-0.05, 0) is 55.5 Å². The smallest absolute Gasteiger partial charge is 0.274 e. The molecular formula is C19H16BrN3O. The third-order valence-corrected chi connectivity index (χ3v) is 3.97. The van der Waals surface area contributed by atoms with Crippen LogP contribution in [0.3, 0.4) is 0 Å². The third kappa shape index (κ3) is 4.20. The van der Waals surface area contributed by atoms with Gasteiger partial charge >= 0.3 is 0 Å². The van der Waals surface area contributed by atoms with Crippen LogP contribution in [0, 0.1) is 6.92 Å². The van der Waals surface area contributed by atoms with Crippen LogP contribution in [-0.2, 0) is 0 Å². The summed E-state index contributed by atoms with van der Waals surface area (Å²) in [6, 6.07) is 19.0. The van der Waals surface area contributed by atoms with Crippen LogP contribution in [0.4, 0.5) is 17.1 Å². The first kappa shape index (κ1) is 16.2. The summed E-state index contributed by atoms with van der Waals surface area (Å²) in [5.41, 5.74) is 4.12. The molecule has 2 N–H and O–H groups in total.